The zero-order valence-corrected chi connectivity index (χ0v) is 71.1. The monoisotopic (exact) mass is 1710 g/mol. The first-order valence-electron chi connectivity index (χ1n) is 43.6. The van der Waals surface area contributed by atoms with Gasteiger partial charge < -0.3 is 13.3 Å². The lowest BCUT2D eigenvalue weighted by Gasteiger charge is -2.11. The van der Waals surface area contributed by atoms with Crippen LogP contribution in [-0.4, -0.2) is 69.8 Å². The summed E-state index contributed by atoms with van der Waals surface area (Å²) < 4.78 is 18.5. The van der Waals surface area contributed by atoms with Crippen LogP contribution in [0.2, 0.25) is 0 Å². The predicted octanol–water partition coefficient (Wildman–Crippen LogP) is 28.4. The number of oxazole rings is 2. The lowest BCUT2D eigenvalue weighted by atomic mass is 9.99. The smallest absolute Gasteiger partial charge is 0.227 e. The molecule has 17 aromatic carbocycles. The fraction of sp³-hybridized carbons (Fsp3) is 0. The van der Waals surface area contributed by atoms with E-state index in [1.165, 1.54) is 0 Å². The molecule has 0 bridgehead atoms. The van der Waals surface area contributed by atoms with E-state index in [1.54, 1.807) is 0 Å². The van der Waals surface area contributed by atoms with Gasteiger partial charge in [0.05, 0.1) is 33.6 Å². The Kier molecular flexibility index (Phi) is 20.9. The van der Waals surface area contributed by atoms with Crippen LogP contribution in [0.4, 0.5) is 0 Å². The summed E-state index contributed by atoms with van der Waals surface area (Å²) in [6.45, 7) is 0. The SMILES string of the molecule is c1cc(-c2nc3ccccc3o2)cc(-c2nc(-c3cccc(-c4cccc5c4oc4ccccc45)c3)nc3ccccc23)c1.c1ccc(-c2nc(-c3ccccc3)nc(-c3cccc(-c4nc(-c5cccc(-c6nc7ccccc7o6)c5)c5ccccc5n4)c3)n2)cc1.c1ccc(-c2nc(-c3ccccc3)nc(-c3cccc(-c4nc(-c5ccccc5)nc5ccccc45)c3)n2)cc1. The molecular formula is C116H72N14O3. The van der Waals surface area contributed by atoms with Crippen molar-refractivity contribution in [3.8, 4) is 170 Å². The summed E-state index contributed by atoms with van der Waals surface area (Å²) in [5.74, 6) is 6.76. The first kappa shape index (κ1) is 79.2. The van der Waals surface area contributed by atoms with Crippen LogP contribution in [-0.2, 0) is 0 Å². The Labute approximate surface area is 762 Å². The number of hydrogen-bond donors (Lipinski definition) is 0. The third-order valence-electron chi connectivity index (χ3n) is 23.2. The van der Waals surface area contributed by atoms with Crippen molar-refractivity contribution < 1.29 is 13.3 Å². The van der Waals surface area contributed by atoms with Gasteiger partial charge in [0.1, 0.15) is 22.2 Å². The molecule has 8 aromatic heterocycles. The molecule has 8 heterocycles. The van der Waals surface area contributed by atoms with E-state index in [4.69, 9.17) is 83.0 Å². The summed E-state index contributed by atoms with van der Waals surface area (Å²) in [7, 11) is 0. The van der Waals surface area contributed by atoms with Crippen LogP contribution >= 0.6 is 0 Å². The third-order valence-corrected chi connectivity index (χ3v) is 23.2. The second-order valence-electron chi connectivity index (χ2n) is 31.8. The largest absolute Gasteiger partial charge is 0.455 e. The molecule has 0 saturated heterocycles. The van der Waals surface area contributed by atoms with Gasteiger partial charge in [-0.05, 0) is 96.6 Å². The second-order valence-corrected chi connectivity index (χ2v) is 31.8. The van der Waals surface area contributed by atoms with Crippen molar-refractivity contribution in [3.63, 3.8) is 0 Å². The quantitative estimate of drug-likeness (QED) is 0.0931. The number of benzene rings is 17. The van der Waals surface area contributed by atoms with Gasteiger partial charge in [0.15, 0.2) is 63.6 Å². The van der Waals surface area contributed by atoms with Gasteiger partial charge in [0.2, 0.25) is 11.8 Å². The average Bonchev–Trinajstić information content (AvgIpc) is 1.62. The topological polar surface area (TPSA) is 220 Å². The minimum Gasteiger partial charge on any atom is -0.455 e. The van der Waals surface area contributed by atoms with Crippen LogP contribution < -0.4 is 0 Å². The van der Waals surface area contributed by atoms with Gasteiger partial charge in [0, 0.05) is 110 Å². The molecule has 0 aliphatic rings. The summed E-state index contributed by atoms with van der Waals surface area (Å²) in [6, 6.07) is 145. The van der Waals surface area contributed by atoms with Gasteiger partial charge in [-0.1, -0.05) is 346 Å². The maximum Gasteiger partial charge on any atom is 0.227 e. The number of hydrogen-bond acceptors (Lipinski definition) is 17. The fourth-order valence-corrected chi connectivity index (χ4v) is 16.7. The summed E-state index contributed by atoms with van der Waals surface area (Å²) in [4.78, 5) is 69.0. The molecule has 0 amide bonds. The van der Waals surface area contributed by atoms with E-state index in [9.17, 15) is 0 Å². The molecule has 0 radical (unpaired) electrons. The van der Waals surface area contributed by atoms with Crippen molar-refractivity contribution in [1.82, 2.24) is 69.8 Å². The Hall–Kier alpha value is -18.5. The average molecular weight is 1710 g/mol. The minimum atomic E-state index is 0.566. The molecule has 0 unspecified atom stereocenters. The lowest BCUT2D eigenvalue weighted by molar-refractivity contribution is 0.619. The Morgan fingerprint density at radius 3 is 0.744 bits per heavy atom. The Morgan fingerprint density at radius 1 is 0.135 bits per heavy atom. The van der Waals surface area contributed by atoms with Gasteiger partial charge in [-0.3, -0.25) is 0 Å². The summed E-state index contributed by atoms with van der Waals surface area (Å²) >= 11 is 0. The zero-order chi connectivity index (χ0) is 88.3. The van der Waals surface area contributed by atoms with Crippen LogP contribution in [0.15, 0.2) is 450 Å². The molecule has 17 heteroatoms. The maximum absolute atomic E-state index is 6.34. The number of rotatable bonds is 15. The highest BCUT2D eigenvalue weighted by Crippen LogP contribution is 2.42. The van der Waals surface area contributed by atoms with Crippen LogP contribution in [0.1, 0.15) is 0 Å². The normalized spacial score (nSPS) is 11.3. The van der Waals surface area contributed by atoms with Gasteiger partial charge in [0.25, 0.3) is 0 Å². The number of aromatic nitrogens is 14. The number of para-hydroxylation sites is 9. The minimum absolute atomic E-state index is 0.566. The van der Waals surface area contributed by atoms with Crippen molar-refractivity contribution in [2.24, 2.45) is 0 Å². The molecule has 0 fully saturated rings. The highest BCUT2D eigenvalue weighted by atomic mass is 16.4. The van der Waals surface area contributed by atoms with Crippen molar-refractivity contribution >= 4 is 76.8 Å². The Morgan fingerprint density at radius 2 is 0.376 bits per heavy atom. The number of nitrogens with zero attached hydrogens (tertiary/aromatic N) is 14. The Bertz CT molecular complexity index is 8490. The van der Waals surface area contributed by atoms with E-state index in [-0.39, 0.29) is 0 Å². The molecule has 25 aromatic rings. The van der Waals surface area contributed by atoms with Gasteiger partial charge in [-0.2, -0.15) is 0 Å². The summed E-state index contributed by atoms with van der Waals surface area (Å²) in [6.07, 6.45) is 0. The zero-order valence-electron chi connectivity index (χ0n) is 71.1. The van der Waals surface area contributed by atoms with Crippen LogP contribution in [0.5, 0.6) is 0 Å². The van der Waals surface area contributed by atoms with E-state index in [0.29, 0.717) is 64.2 Å². The van der Waals surface area contributed by atoms with Crippen LogP contribution in [0, 0.1) is 0 Å². The van der Waals surface area contributed by atoms with Crippen LogP contribution in [0.3, 0.4) is 0 Å². The molecule has 0 N–H and O–H groups in total. The molecular weight excluding hydrogens is 1640 g/mol. The molecule has 0 aliphatic carbocycles. The first-order chi connectivity index (χ1) is 65.8. The van der Waals surface area contributed by atoms with Gasteiger partial charge in [-0.15, -0.1) is 0 Å². The lowest BCUT2D eigenvalue weighted by Crippen LogP contribution is -2.00. The molecule has 0 aliphatic heterocycles. The molecule has 0 spiro atoms. The summed E-state index contributed by atoms with van der Waals surface area (Å²) in [5, 5.41) is 5.14. The molecule has 25 rings (SSSR count). The molecule has 17 nitrogen and oxygen atoms in total. The van der Waals surface area contributed by atoms with Gasteiger partial charge in [-0.25, -0.2) is 69.8 Å². The predicted molar refractivity (Wildman–Crippen MR) is 529 cm³/mol. The van der Waals surface area contributed by atoms with Gasteiger partial charge >= 0.3 is 0 Å². The van der Waals surface area contributed by atoms with Crippen molar-refractivity contribution in [2.75, 3.05) is 0 Å². The number of fused-ring (bicyclic) bond motifs is 8. The fourth-order valence-electron chi connectivity index (χ4n) is 16.7. The van der Waals surface area contributed by atoms with Crippen molar-refractivity contribution in [2.45, 2.75) is 0 Å². The molecule has 133 heavy (non-hydrogen) atoms. The van der Waals surface area contributed by atoms with Crippen molar-refractivity contribution in [3.05, 3.63) is 437 Å². The molecule has 0 saturated carbocycles. The molecule has 624 valence electrons. The summed E-state index contributed by atoms with van der Waals surface area (Å²) in [5.41, 5.74) is 25.0. The third kappa shape index (κ3) is 16.2. The van der Waals surface area contributed by atoms with E-state index in [1.807, 2.05) is 334 Å². The molecule has 0 atom stereocenters. The first-order valence-corrected chi connectivity index (χ1v) is 43.6. The Balaban J connectivity index is 0.000000114. The highest BCUT2D eigenvalue weighted by molar-refractivity contribution is 6.10. The van der Waals surface area contributed by atoms with E-state index < -0.39 is 0 Å². The van der Waals surface area contributed by atoms with Crippen LogP contribution in [0.25, 0.3) is 247 Å². The standard InChI is InChI=1S/C42H26N6O.C39H23N3O2.C35H23N5/c1-3-13-27(14-4-1)38-46-39(28-15-5-2-6-16-28)48-41(47-38)31-19-12-18-30(26-31)40-43-34-22-8-7-21-33(34)37(45-40)29-17-11-20-32(25-29)42-44-35-23-9-10-24-36(35)49-42;1-3-18-32-31(15-1)36(25-11-8-13-27(23-25)39-41-33-19-4-6-21-35(33)44-39)42-38(40-32)26-12-7-10-24(22-26)28-16-9-17-30-29-14-2-5-20-34(29)43-37(28)30;1-4-13-24(14-5-1)32-36-30-22-11-10-21-29(30)31(37-32)27-19-12-20-28(23-27)35-39-33(25-15-6-2-7-16-25)38-34(40-35)26-17-8-3-9-18-26/h1-26H;1-23H;1-23H. The number of furan rings is 1. The maximum atomic E-state index is 6.34. The van der Waals surface area contributed by atoms with Crippen molar-refractivity contribution in [1.29, 1.82) is 0 Å². The highest BCUT2D eigenvalue weighted by Gasteiger charge is 2.23. The van der Waals surface area contributed by atoms with E-state index >= 15 is 0 Å². The van der Waals surface area contributed by atoms with E-state index in [2.05, 4.69) is 103 Å². The van der Waals surface area contributed by atoms with E-state index in [0.717, 1.165) is 183 Å². The second kappa shape index (κ2) is 35.0.